The molecule has 5 rings (SSSR count). The van der Waals surface area contributed by atoms with Crippen molar-refractivity contribution in [3.8, 4) is 0 Å². The molecule has 0 fully saturated rings. The van der Waals surface area contributed by atoms with E-state index >= 15 is 0 Å². The van der Waals surface area contributed by atoms with Crippen LogP contribution in [0.4, 0.5) is 8.78 Å². The molecule has 0 amide bonds. The predicted molar refractivity (Wildman–Crippen MR) is 223 cm³/mol. The molecule has 0 saturated carbocycles. The molecule has 0 spiro atoms. The highest BCUT2D eigenvalue weighted by Gasteiger charge is 2.20. The monoisotopic (exact) mass is 778 g/mol. The van der Waals surface area contributed by atoms with Crippen molar-refractivity contribution in [2.75, 3.05) is 0 Å². The molecule has 0 bridgehead atoms. The van der Waals surface area contributed by atoms with Crippen LogP contribution in [0.5, 0.6) is 0 Å². The van der Waals surface area contributed by atoms with Gasteiger partial charge in [0.25, 0.3) is 0 Å². The van der Waals surface area contributed by atoms with E-state index in [-0.39, 0.29) is 32.9 Å². The second kappa shape index (κ2) is 20.1. The van der Waals surface area contributed by atoms with Gasteiger partial charge in [-0.15, -0.1) is 0 Å². The Morgan fingerprint density at radius 3 is 1.29 bits per heavy atom. The maximum atomic E-state index is 12.8. The van der Waals surface area contributed by atoms with E-state index in [0.717, 1.165) is 33.7 Å². The molecule has 5 aromatic rings. The molecule has 0 N–H and O–H groups in total. The first-order chi connectivity index (χ1) is 24.9. The third kappa shape index (κ3) is 18.8. The van der Waals surface area contributed by atoms with Gasteiger partial charge in [-0.25, -0.2) is 43.7 Å². The molecule has 0 aromatic carbocycles. The summed E-state index contributed by atoms with van der Waals surface area (Å²) in [6.07, 6.45) is 5.41. The first kappa shape index (κ1) is 48.8. The third-order valence-electron chi connectivity index (χ3n) is 7.20. The van der Waals surface area contributed by atoms with Crippen LogP contribution in [0.1, 0.15) is 155 Å². The first-order valence-corrected chi connectivity index (χ1v) is 19.2. The predicted octanol–water partition coefficient (Wildman–Crippen LogP) is 11.0. The third-order valence-corrected chi connectivity index (χ3v) is 7.82. The molecule has 0 aliphatic carbocycles. The Bertz CT molecular complexity index is 1830. The van der Waals surface area contributed by atoms with Gasteiger partial charge in [-0.3, -0.25) is 4.98 Å². The van der Waals surface area contributed by atoms with Gasteiger partial charge >= 0.3 is 0 Å². The Balaban J connectivity index is 0.000000344. The average Bonchev–Trinajstić information content (AvgIpc) is 3.49. The molecule has 0 saturated heterocycles. The molecule has 0 aliphatic rings. The summed E-state index contributed by atoms with van der Waals surface area (Å²) in [6, 6.07) is 8.07. The highest BCUT2D eigenvalue weighted by molar-refractivity contribution is 7.05. The largest absolute Gasteiger partial charge is 0.258 e. The van der Waals surface area contributed by atoms with Gasteiger partial charge < -0.3 is 0 Å². The lowest BCUT2D eigenvalue weighted by atomic mass is 9.91. The fourth-order valence-corrected chi connectivity index (χ4v) is 4.55. The first-order valence-electron chi connectivity index (χ1n) is 18.4. The molecule has 12 heteroatoms. The van der Waals surface area contributed by atoms with Crippen LogP contribution in [0, 0.1) is 39.3 Å². The van der Waals surface area contributed by atoms with E-state index in [9.17, 15) is 8.78 Å². The molecule has 0 unspecified atom stereocenters. The zero-order chi connectivity index (χ0) is 42.6. The summed E-state index contributed by atoms with van der Waals surface area (Å²) in [5.74, 6) is 2.48. The van der Waals surface area contributed by atoms with Crippen LogP contribution in [0.25, 0.3) is 0 Å². The second-order valence-electron chi connectivity index (χ2n) is 18.4. The van der Waals surface area contributed by atoms with E-state index in [1.165, 1.54) is 30.1 Å². The van der Waals surface area contributed by atoms with E-state index in [2.05, 4.69) is 119 Å². The molecule has 302 valence electrons. The van der Waals surface area contributed by atoms with Crippen molar-refractivity contribution in [3.63, 3.8) is 0 Å². The molecule has 55 heavy (non-hydrogen) atoms. The van der Waals surface area contributed by atoms with Crippen LogP contribution >= 0.6 is 11.5 Å². The summed E-state index contributed by atoms with van der Waals surface area (Å²) in [6.45, 7) is 38.8. The van der Waals surface area contributed by atoms with Crippen molar-refractivity contribution in [2.24, 2.45) is 0 Å². The molecule has 0 atom stereocenters. The van der Waals surface area contributed by atoms with Gasteiger partial charge in [0.1, 0.15) is 28.3 Å². The molecule has 0 aliphatic heterocycles. The Labute approximate surface area is 334 Å². The zero-order valence-corrected chi connectivity index (χ0v) is 37.6. The van der Waals surface area contributed by atoms with Gasteiger partial charge in [-0.05, 0) is 57.4 Å². The Kier molecular flexibility index (Phi) is 17.9. The Morgan fingerprint density at radius 2 is 0.945 bits per heavy atom. The van der Waals surface area contributed by atoms with Gasteiger partial charge in [-0.2, -0.15) is 4.37 Å². The van der Waals surface area contributed by atoms with Gasteiger partial charge in [0, 0.05) is 50.4 Å². The lowest BCUT2D eigenvalue weighted by molar-refractivity contribution is 0.524. The second-order valence-corrected chi connectivity index (χ2v) is 19.4. The number of rotatable bonds is 0. The highest BCUT2D eigenvalue weighted by atomic mass is 32.1. The molecule has 5 heterocycles. The van der Waals surface area contributed by atoms with Crippen LogP contribution < -0.4 is 0 Å². The van der Waals surface area contributed by atoms with Crippen molar-refractivity contribution in [1.82, 2.24) is 44.2 Å². The molecular weight excluding hydrogens is 713 g/mol. The molecule has 0 radical (unpaired) electrons. The van der Waals surface area contributed by atoms with E-state index in [1.54, 1.807) is 6.92 Å². The highest BCUT2D eigenvalue weighted by Crippen LogP contribution is 2.21. The van der Waals surface area contributed by atoms with Gasteiger partial charge in [0.05, 0.1) is 24.3 Å². The summed E-state index contributed by atoms with van der Waals surface area (Å²) in [7, 11) is 0. The number of aryl methyl sites for hydroxylation is 4. The summed E-state index contributed by atoms with van der Waals surface area (Å²) < 4.78 is 29.3. The van der Waals surface area contributed by atoms with Crippen molar-refractivity contribution in [2.45, 2.75) is 159 Å². The zero-order valence-electron chi connectivity index (χ0n) is 36.8. The van der Waals surface area contributed by atoms with Crippen LogP contribution in [0.3, 0.4) is 0 Å². The Hall–Kier alpha value is -4.19. The maximum Gasteiger partial charge on any atom is 0.162 e. The Morgan fingerprint density at radius 1 is 0.473 bits per heavy atom. The van der Waals surface area contributed by atoms with Gasteiger partial charge in [0.2, 0.25) is 0 Å². The van der Waals surface area contributed by atoms with Crippen LogP contribution in [0.2, 0.25) is 0 Å². The lowest BCUT2D eigenvalue weighted by Gasteiger charge is -2.17. The number of aromatic nitrogens is 9. The van der Waals surface area contributed by atoms with E-state index in [1.807, 2.05) is 80.6 Å². The van der Waals surface area contributed by atoms with Gasteiger partial charge in [0.15, 0.2) is 11.6 Å². The quantitative estimate of drug-likeness (QED) is 0.151. The smallest absolute Gasteiger partial charge is 0.162 e. The summed E-state index contributed by atoms with van der Waals surface area (Å²) in [5.41, 5.74) is 3.82. The van der Waals surface area contributed by atoms with E-state index in [4.69, 9.17) is 0 Å². The fraction of sp³-hybridized carbons (Fsp3) is 0.558. The molecular formula is C43H65F2N9S. The minimum Gasteiger partial charge on any atom is -0.258 e. The van der Waals surface area contributed by atoms with Crippen LogP contribution in [0.15, 0.2) is 49.1 Å². The standard InChI is InChI=1S/C10H15N.C9H13FN2.C9H14N2.C8H11FN2.C7H12N2S/c1-8-6-5-7-9(11-8)10(2,3)4;1-6-7(10)5-11-8(12-6)9(2,3)4;1-7-5-6-10-8(11-7)9(2,3)4;1-8(2,3)7-10-4-6(9)5-11-7;1-5-8-6(9-10-5)7(2,3)4/h5-7H,1-4H3;5H,1-4H3;5-6H,1-4H3;4-5H,1-3H3;1-4H3. The lowest BCUT2D eigenvalue weighted by Crippen LogP contribution is -2.16. The van der Waals surface area contributed by atoms with Crippen molar-refractivity contribution in [1.29, 1.82) is 0 Å². The topological polar surface area (TPSA) is 116 Å². The average molecular weight is 778 g/mol. The molecule has 5 aromatic heterocycles. The number of halogens is 2. The molecule has 9 nitrogen and oxygen atoms in total. The SMILES string of the molecule is CC(C)(C)c1ncc(F)cn1.Cc1cccc(C(C)(C)C)n1.Cc1ccnc(C(C)(C)C)n1.Cc1nc(C(C)(C)C)ncc1F.Cc1nc(C(C)(C)C)ns1. The van der Waals surface area contributed by atoms with Crippen LogP contribution in [-0.2, 0) is 27.1 Å². The number of pyridine rings is 1. The van der Waals surface area contributed by atoms with E-state index in [0.29, 0.717) is 17.3 Å². The fourth-order valence-electron chi connectivity index (χ4n) is 3.89. The normalized spacial score (nSPS) is 11.7. The van der Waals surface area contributed by atoms with Crippen molar-refractivity contribution >= 4 is 11.5 Å². The number of hydrogen-bond acceptors (Lipinski definition) is 10. The van der Waals surface area contributed by atoms with Gasteiger partial charge in [-0.1, -0.05) is 110 Å². The maximum absolute atomic E-state index is 12.8. The van der Waals surface area contributed by atoms with Crippen molar-refractivity contribution < 1.29 is 8.78 Å². The number of hydrogen-bond donors (Lipinski definition) is 0. The minimum atomic E-state index is -0.391. The van der Waals surface area contributed by atoms with Crippen molar-refractivity contribution in [3.05, 3.63) is 112 Å². The van der Waals surface area contributed by atoms with Crippen LogP contribution in [-0.4, -0.2) is 44.2 Å². The summed E-state index contributed by atoms with van der Waals surface area (Å²) in [4.78, 5) is 33.0. The summed E-state index contributed by atoms with van der Waals surface area (Å²) in [5, 5.41) is 1.05. The number of nitrogens with zero attached hydrogens (tertiary/aromatic N) is 9. The summed E-state index contributed by atoms with van der Waals surface area (Å²) >= 11 is 1.47. The minimum absolute atomic E-state index is 0.0615. The van der Waals surface area contributed by atoms with E-state index < -0.39 is 5.82 Å².